The predicted molar refractivity (Wildman–Crippen MR) is 122 cm³/mol. The molecule has 2 N–H and O–H groups in total. The number of aliphatic hydroxyl groups is 2. The molecule has 0 atom stereocenters. The fourth-order valence-corrected chi connectivity index (χ4v) is 1.96. The number of ketones is 2. The van der Waals surface area contributed by atoms with E-state index < -0.39 is 24.8 Å². The number of Topliss-reactive ketones (excluding diaryl/α,β-unsaturated/α-hetero) is 2. The molecule has 0 aromatic heterocycles. The van der Waals surface area contributed by atoms with Gasteiger partial charge in [0.1, 0.15) is 11.6 Å². The Hall–Kier alpha value is -0.917. The standard InChI is InChI=1S/2C8H14O3.2C4H10O.Zr/c2*1-2-3-4-5-7(9)6-8(10)11;2*1-2-3-4-5;/h2*2-6H2,1H3,(H,10,11);2*5H,2-4H2,1H3;/q;;;;+2/p-2. The number of aliphatic hydroxyl groups excluding tert-OH is 2. The summed E-state index contributed by atoms with van der Waals surface area (Å²) in [5, 5.41) is 36.0. The molecule has 0 fully saturated rings. The number of carbonyl (C=O) groups excluding carboxylic acids is 4. The van der Waals surface area contributed by atoms with Gasteiger partial charge in [-0.05, 0) is 25.7 Å². The Morgan fingerprint density at radius 3 is 0.970 bits per heavy atom. The van der Waals surface area contributed by atoms with Crippen LogP contribution >= 0.6 is 0 Å². The molecule has 0 rings (SSSR count). The van der Waals surface area contributed by atoms with E-state index in [1.807, 2.05) is 13.8 Å². The van der Waals surface area contributed by atoms with Gasteiger partial charge in [-0.1, -0.05) is 66.2 Å². The summed E-state index contributed by atoms with van der Waals surface area (Å²) in [6.07, 6.45) is 9.62. The smallest absolute Gasteiger partial charge is 0.550 e. The van der Waals surface area contributed by atoms with Crippen molar-refractivity contribution in [2.45, 2.75) is 118 Å². The molecule has 0 amide bonds. The Morgan fingerprint density at radius 1 is 0.545 bits per heavy atom. The van der Waals surface area contributed by atoms with E-state index in [0.717, 1.165) is 64.2 Å². The molecule has 0 aliphatic rings. The van der Waals surface area contributed by atoms with Gasteiger partial charge in [-0.25, -0.2) is 0 Å². The molecule has 0 heterocycles. The van der Waals surface area contributed by atoms with Crippen LogP contribution in [0.1, 0.15) is 118 Å². The van der Waals surface area contributed by atoms with Crippen LogP contribution in [0.4, 0.5) is 0 Å². The van der Waals surface area contributed by atoms with E-state index in [9.17, 15) is 29.4 Å². The Morgan fingerprint density at radius 2 is 0.818 bits per heavy atom. The molecule has 0 aliphatic heterocycles. The van der Waals surface area contributed by atoms with Crippen molar-refractivity contribution in [3.8, 4) is 0 Å². The summed E-state index contributed by atoms with van der Waals surface area (Å²) in [4.78, 5) is 41.2. The van der Waals surface area contributed by atoms with Gasteiger partial charge >= 0.3 is 26.2 Å². The first-order valence-electron chi connectivity index (χ1n) is 11.8. The van der Waals surface area contributed by atoms with Crippen LogP contribution in [0.15, 0.2) is 0 Å². The number of carboxylic acids is 2. The zero-order chi connectivity index (χ0) is 25.6. The van der Waals surface area contributed by atoms with Crippen molar-refractivity contribution in [3.63, 3.8) is 0 Å². The van der Waals surface area contributed by atoms with Gasteiger partial charge in [0.15, 0.2) is 0 Å². The molecule has 0 aliphatic carbocycles. The van der Waals surface area contributed by atoms with Crippen molar-refractivity contribution in [3.05, 3.63) is 0 Å². The molecule has 0 saturated carbocycles. The van der Waals surface area contributed by atoms with Gasteiger partial charge in [0.05, 0.1) is 0 Å². The third-order valence-corrected chi connectivity index (χ3v) is 3.82. The van der Waals surface area contributed by atoms with Crippen LogP contribution < -0.4 is 10.2 Å². The molecular weight excluding hydrogens is 507 g/mol. The molecule has 194 valence electrons. The van der Waals surface area contributed by atoms with Gasteiger partial charge in [-0.15, -0.1) is 0 Å². The maximum atomic E-state index is 10.7. The average Bonchev–Trinajstić information content (AvgIpc) is 2.70. The zero-order valence-electron chi connectivity index (χ0n) is 21.2. The Bertz CT molecular complexity index is 398. The average molecular weight is 554 g/mol. The maximum absolute atomic E-state index is 10.7. The number of carboxylic acid groups (broad SMARTS) is 2. The summed E-state index contributed by atoms with van der Waals surface area (Å²) in [6, 6.07) is 0. The Labute approximate surface area is 219 Å². The minimum absolute atomic E-state index is 0. The molecule has 0 bridgehead atoms. The Kier molecular flexibility index (Phi) is 49.1. The van der Waals surface area contributed by atoms with Crippen LogP contribution in [0.25, 0.3) is 0 Å². The van der Waals surface area contributed by atoms with E-state index in [0.29, 0.717) is 26.1 Å². The summed E-state index contributed by atoms with van der Waals surface area (Å²) in [6.45, 7) is 8.85. The van der Waals surface area contributed by atoms with Crippen LogP contribution in [-0.2, 0) is 45.4 Å². The van der Waals surface area contributed by atoms with Gasteiger partial charge in [-0.3, -0.25) is 9.59 Å². The molecule has 0 radical (unpaired) electrons. The third-order valence-electron chi connectivity index (χ3n) is 3.82. The summed E-state index contributed by atoms with van der Waals surface area (Å²) >= 11 is 0. The van der Waals surface area contributed by atoms with Crippen LogP contribution in [0.5, 0.6) is 0 Å². The van der Waals surface area contributed by atoms with Gasteiger partial charge in [-0.2, -0.15) is 0 Å². The van der Waals surface area contributed by atoms with Crippen molar-refractivity contribution in [2.24, 2.45) is 0 Å². The molecule has 0 aromatic carbocycles. The number of aliphatic carboxylic acids is 2. The first-order valence-corrected chi connectivity index (χ1v) is 11.8. The third kappa shape index (κ3) is 59.1. The number of unbranched alkanes of at least 4 members (excludes halogenated alkanes) is 6. The summed E-state index contributed by atoms with van der Waals surface area (Å²) < 4.78 is 0. The zero-order valence-corrected chi connectivity index (χ0v) is 23.6. The van der Waals surface area contributed by atoms with E-state index >= 15 is 0 Å². The number of hydrogen-bond donors (Lipinski definition) is 2. The minimum Gasteiger partial charge on any atom is -0.550 e. The van der Waals surface area contributed by atoms with Crippen LogP contribution in [0.2, 0.25) is 0 Å². The minimum atomic E-state index is -1.27. The van der Waals surface area contributed by atoms with Crippen LogP contribution in [0, 0.1) is 0 Å². The van der Waals surface area contributed by atoms with Gasteiger partial charge in [0.2, 0.25) is 0 Å². The van der Waals surface area contributed by atoms with Crippen molar-refractivity contribution in [1.82, 2.24) is 0 Å². The monoisotopic (exact) mass is 552 g/mol. The fraction of sp³-hybridized carbons (Fsp3) is 0.833. The van der Waals surface area contributed by atoms with Crippen molar-refractivity contribution in [1.29, 1.82) is 0 Å². The topological polar surface area (TPSA) is 155 Å². The summed E-state index contributed by atoms with van der Waals surface area (Å²) in [5.74, 6) is -2.99. The molecule has 0 aromatic rings. The fourth-order valence-electron chi connectivity index (χ4n) is 1.96. The van der Waals surface area contributed by atoms with Crippen LogP contribution in [-0.4, -0.2) is 46.9 Å². The second-order valence-electron chi connectivity index (χ2n) is 7.24. The SMILES string of the molecule is CCCCCC(=O)CC(=O)[O-].CCCCCC(=O)CC(=O)[O-].CCCCO.CCCCO.[Zr+2]. The molecule has 0 saturated heterocycles. The normalized spacial score (nSPS) is 8.91. The number of rotatable bonds is 16. The number of hydrogen-bond acceptors (Lipinski definition) is 8. The van der Waals surface area contributed by atoms with Gasteiger partial charge in [0.25, 0.3) is 0 Å². The van der Waals surface area contributed by atoms with E-state index in [1.54, 1.807) is 0 Å². The molecule has 33 heavy (non-hydrogen) atoms. The number of carbonyl (C=O) groups is 4. The molecule has 8 nitrogen and oxygen atoms in total. The quantitative estimate of drug-likeness (QED) is 0.217. The van der Waals surface area contributed by atoms with Crippen molar-refractivity contribution in [2.75, 3.05) is 13.2 Å². The van der Waals surface area contributed by atoms with E-state index in [4.69, 9.17) is 10.2 Å². The summed E-state index contributed by atoms with van der Waals surface area (Å²) in [5.41, 5.74) is 0. The van der Waals surface area contributed by atoms with Crippen LogP contribution in [0.3, 0.4) is 0 Å². The van der Waals surface area contributed by atoms with Gasteiger partial charge in [0, 0.05) is 50.8 Å². The molecule has 9 heteroatoms. The summed E-state index contributed by atoms with van der Waals surface area (Å²) in [7, 11) is 0. The molecular formula is C24H46O8Zr. The largest absolute Gasteiger partial charge is 2.00 e. The predicted octanol–water partition coefficient (Wildman–Crippen LogP) is 2.11. The van der Waals surface area contributed by atoms with Gasteiger partial charge < -0.3 is 30.0 Å². The van der Waals surface area contributed by atoms with E-state index in [-0.39, 0.29) is 37.8 Å². The first-order chi connectivity index (χ1) is 15.2. The second-order valence-corrected chi connectivity index (χ2v) is 7.24. The molecule has 0 spiro atoms. The Balaban J connectivity index is -0.000000112. The van der Waals surface area contributed by atoms with Crippen molar-refractivity contribution < 1.29 is 65.8 Å². The molecule has 0 unspecified atom stereocenters. The van der Waals surface area contributed by atoms with E-state index in [1.165, 1.54) is 0 Å². The first kappa shape index (κ1) is 42.3. The van der Waals surface area contributed by atoms with E-state index in [2.05, 4.69) is 13.8 Å². The maximum Gasteiger partial charge on any atom is 2.00 e. The second kappa shape index (κ2) is 38.4. The van der Waals surface area contributed by atoms with Crippen molar-refractivity contribution >= 4 is 23.5 Å².